The van der Waals surface area contributed by atoms with E-state index in [9.17, 15) is 4.79 Å². The molecule has 1 aliphatic carbocycles. The number of nitrogens with zero attached hydrogens (tertiary/aromatic N) is 1. The molecule has 2 aliphatic rings. The van der Waals surface area contributed by atoms with Gasteiger partial charge in [-0.1, -0.05) is 11.6 Å². The lowest BCUT2D eigenvalue weighted by molar-refractivity contribution is 0.0982. The topological polar surface area (TPSA) is 45.3 Å². The van der Waals surface area contributed by atoms with Crippen LogP contribution in [-0.4, -0.2) is 35.6 Å². The van der Waals surface area contributed by atoms with E-state index in [1.807, 2.05) is 12.1 Å². The summed E-state index contributed by atoms with van der Waals surface area (Å²) in [6.45, 7) is 3.46. The highest BCUT2D eigenvalue weighted by Crippen LogP contribution is 2.33. The zero-order valence-corrected chi connectivity index (χ0v) is 13.8. The molecular formula is C18H21ClN2O2. The molecule has 23 heavy (non-hydrogen) atoms. The first kappa shape index (κ1) is 15.0. The van der Waals surface area contributed by atoms with Gasteiger partial charge in [-0.3, -0.25) is 4.79 Å². The largest absolute Gasteiger partial charge is 0.489 e. The molecule has 0 radical (unpaired) electrons. The van der Waals surface area contributed by atoms with Crippen LogP contribution in [0.3, 0.4) is 0 Å². The third-order valence-corrected chi connectivity index (χ3v) is 5.16. The van der Waals surface area contributed by atoms with Gasteiger partial charge < -0.3 is 14.6 Å². The fourth-order valence-electron chi connectivity index (χ4n) is 3.33. The summed E-state index contributed by atoms with van der Waals surface area (Å²) in [5, 5.41) is 1.97. The zero-order valence-electron chi connectivity index (χ0n) is 13.1. The van der Waals surface area contributed by atoms with Crippen LogP contribution in [0.15, 0.2) is 29.2 Å². The third kappa shape index (κ3) is 3.38. The van der Waals surface area contributed by atoms with Crippen molar-refractivity contribution in [3.8, 4) is 5.75 Å². The van der Waals surface area contributed by atoms with E-state index >= 15 is 0 Å². The molecule has 5 heteroatoms. The smallest absolute Gasteiger partial charge is 0.255 e. The van der Waals surface area contributed by atoms with Crippen LogP contribution in [0, 0.1) is 5.92 Å². The van der Waals surface area contributed by atoms with E-state index in [-0.39, 0.29) is 11.7 Å². The first-order chi connectivity index (χ1) is 11.2. The summed E-state index contributed by atoms with van der Waals surface area (Å²) in [6, 6.07) is 5.45. The van der Waals surface area contributed by atoms with Gasteiger partial charge in [0, 0.05) is 31.2 Å². The van der Waals surface area contributed by atoms with Gasteiger partial charge >= 0.3 is 0 Å². The molecule has 122 valence electrons. The Morgan fingerprint density at radius 3 is 2.74 bits per heavy atom. The number of nitrogens with one attached hydrogen (secondary N) is 1. The lowest BCUT2D eigenvalue weighted by atomic mass is 10.1. The molecule has 1 aliphatic heterocycles. The van der Waals surface area contributed by atoms with E-state index in [0.717, 1.165) is 37.2 Å². The van der Waals surface area contributed by atoms with E-state index in [2.05, 4.69) is 9.88 Å². The average molecular weight is 333 g/mol. The van der Waals surface area contributed by atoms with E-state index in [4.69, 9.17) is 16.3 Å². The van der Waals surface area contributed by atoms with Crippen LogP contribution in [0.5, 0.6) is 5.75 Å². The SMILES string of the molecule is O=c1[nH]ccc2cc(OC3CCN(CC4CC4)CC3)c(Cl)cc12. The van der Waals surface area contributed by atoms with Crippen molar-refractivity contribution in [1.29, 1.82) is 0 Å². The maximum atomic E-state index is 11.8. The van der Waals surface area contributed by atoms with Crippen LogP contribution in [0.4, 0.5) is 0 Å². The molecule has 1 N–H and O–H groups in total. The standard InChI is InChI=1S/C18H21ClN2O2/c19-16-10-15-13(3-6-20-18(15)22)9-17(16)23-14-4-7-21(8-5-14)11-12-1-2-12/h3,6,9-10,12,14H,1-2,4-5,7-8,11H2,(H,20,22). The van der Waals surface area contributed by atoms with Gasteiger partial charge in [-0.15, -0.1) is 0 Å². The molecule has 4 nitrogen and oxygen atoms in total. The number of benzene rings is 1. The molecule has 1 saturated heterocycles. The van der Waals surface area contributed by atoms with Gasteiger partial charge in [-0.2, -0.15) is 0 Å². The Hall–Kier alpha value is -1.52. The molecule has 2 aromatic rings. The Labute approximate surface area is 140 Å². The number of halogens is 1. The lowest BCUT2D eigenvalue weighted by Crippen LogP contribution is -2.39. The number of fused-ring (bicyclic) bond motifs is 1. The molecule has 0 amide bonds. The normalized spacial score (nSPS) is 20.0. The Morgan fingerprint density at radius 1 is 1.22 bits per heavy atom. The highest BCUT2D eigenvalue weighted by molar-refractivity contribution is 6.32. The van der Waals surface area contributed by atoms with Gasteiger partial charge in [-0.25, -0.2) is 0 Å². The molecule has 2 heterocycles. The molecule has 1 aromatic carbocycles. The highest BCUT2D eigenvalue weighted by atomic mass is 35.5. The second kappa shape index (κ2) is 6.17. The number of rotatable bonds is 4. The number of piperidine rings is 1. The number of hydrogen-bond acceptors (Lipinski definition) is 3. The van der Waals surface area contributed by atoms with Gasteiger partial charge in [0.25, 0.3) is 5.56 Å². The second-order valence-corrected chi connectivity index (χ2v) is 7.15. The summed E-state index contributed by atoms with van der Waals surface area (Å²) >= 11 is 6.31. The zero-order chi connectivity index (χ0) is 15.8. The van der Waals surface area contributed by atoms with Crippen molar-refractivity contribution in [2.45, 2.75) is 31.8 Å². The van der Waals surface area contributed by atoms with Gasteiger partial charge in [0.05, 0.1) is 5.02 Å². The number of pyridine rings is 1. The maximum Gasteiger partial charge on any atom is 0.255 e. The van der Waals surface area contributed by atoms with Crippen molar-refractivity contribution >= 4 is 22.4 Å². The number of ether oxygens (including phenoxy) is 1. The van der Waals surface area contributed by atoms with Crippen LogP contribution in [0.1, 0.15) is 25.7 Å². The Bertz CT molecular complexity index is 761. The summed E-state index contributed by atoms with van der Waals surface area (Å²) in [5.74, 6) is 1.63. The molecule has 4 rings (SSSR count). The first-order valence-electron chi connectivity index (χ1n) is 8.39. The van der Waals surface area contributed by atoms with Crippen LogP contribution in [0.2, 0.25) is 5.02 Å². The number of aromatic amines is 1. The predicted molar refractivity (Wildman–Crippen MR) is 92.4 cm³/mol. The molecule has 0 bridgehead atoms. The summed E-state index contributed by atoms with van der Waals surface area (Å²) in [5.41, 5.74) is -0.121. The minimum Gasteiger partial charge on any atom is -0.489 e. The van der Waals surface area contributed by atoms with Crippen LogP contribution in [0.25, 0.3) is 10.8 Å². The Kier molecular flexibility index (Phi) is 4.04. The van der Waals surface area contributed by atoms with Crippen molar-refractivity contribution in [3.63, 3.8) is 0 Å². The maximum absolute atomic E-state index is 11.8. The quantitative estimate of drug-likeness (QED) is 0.933. The molecular weight excluding hydrogens is 312 g/mol. The second-order valence-electron chi connectivity index (χ2n) is 6.74. The number of hydrogen-bond donors (Lipinski definition) is 1. The minimum absolute atomic E-state index is 0.121. The first-order valence-corrected chi connectivity index (χ1v) is 8.77. The number of H-pyrrole nitrogens is 1. The number of likely N-dealkylation sites (tertiary alicyclic amines) is 1. The summed E-state index contributed by atoms with van der Waals surface area (Å²) in [6.07, 6.45) is 6.75. The lowest BCUT2D eigenvalue weighted by Gasteiger charge is -2.32. The molecule has 1 aromatic heterocycles. The average Bonchev–Trinajstić information content (AvgIpc) is 3.35. The molecule has 0 spiro atoms. The van der Waals surface area contributed by atoms with E-state index < -0.39 is 0 Å². The van der Waals surface area contributed by atoms with Crippen LogP contribution in [-0.2, 0) is 0 Å². The fraction of sp³-hybridized carbons (Fsp3) is 0.500. The monoisotopic (exact) mass is 332 g/mol. The van der Waals surface area contributed by atoms with Crippen LogP contribution >= 0.6 is 11.6 Å². The Balaban J connectivity index is 1.45. The molecule has 0 atom stereocenters. The minimum atomic E-state index is -0.121. The van der Waals surface area contributed by atoms with Crippen molar-refractivity contribution in [1.82, 2.24) is 9.88 Å². The van der Waals surface area contributed by atoms with Gasteiger partial charge in [0.15, 0.2) is 0 Å². The van der Waals surface area contributed by atoms with E-state index in [1.165, 1.54) is 19.4 Å². The summed E-state index contributed by atoms with van der Waals surface area (Å²) < 4.78 is 6.13. The molecule has 2 fully saturated rings. The fourth-order valence-corrected chi connectivity index (χ4v) is 3.54. The van der Waals surface area contributed by atoms with Crippen molar-refractivity contribution in [3.05, 3.63) is 39.8 Å². The van der Waals surface area contributed by atoms with Crippen molar-refractivity contribution < 1.29 is 4.74 Å². The third-order valence-electron chi connectivity index (χ3n) is 4.87. The Morgan fingerprint density at radius 2 is 2.00 bits per heavy atom. The van der Waals surface area contributed by atoms with Crippen molar-refractivity contribution in [2.24, 2.45) is 5.92 Å². The predicted octanol–water partition coefficient (Wildman–Crippen LogP) is 3.43. The highest BCUT2D eigenvalue weighted by Gasteiger charge is 2.27. The van der Waals surface area contributed by atoms with Gasteiger partial charge in [0.2, 0.25) is 0 Å². The number of aromatic nitrogens is 1. The van der Waals surface area contributed by atoms with E-state index in [1.54, 1.807) is 12.3 Å². The summed E-state index contributed by atoms with van der Waals surface area (Å²) in [4.78, 5) is 17.0. The van der Waals surface area contributed by atoms with Gasteiger partial charge in [0.1, 0.15) is 11.9 Å². The van der Waals surface area contributed by atoms with Crippen LogP contribution < -0.4 is 10.3 Å². The van der Waals surface area contributed by atoms with Crippen molar-refractivity contribution in [2.75, 3.05) is 19.6 Å². The van der Waals surface area contributed by atoms with Gasteiger partial charge in [-0.05, 0) is 55.2 Å². The molecule has 0 unspecified atom stereocenters. The summed E-state index contributed by atoms with van der Waals surface area (Å²) in [7, 11) is 0. The molecule has 1 saturated carbocycles. The van der Waals surface area contributed by atoms with E-state index in [0.29, 0.717) is 16.2 Å².